The summed E-state index contributed by atoms with van der Waals surface area (Å²) in [7, 11) is 0. The van der Waals surface area contributed by atoms with Gasteiger partial charge < -0.3 is 5.32 Å². The van der Waals surface area contributed by atoms with Gasteiger partial charge in [-0.05, 0) is 36.4 Å². The van der Waals surface area contributed by atoms with Crippen LogP contribution in [0.4, 0.5) is 8.78 Å². The molecule has 116 valence electrons. The number of nitrogens with one attached hydrogen (secondary N) is 1. The van der Waals surface area contributed by atoms with Crippen LogP contribution in [0.1, 0.15) is 16.1 Å². The van der Waals surface area contributed by atoms with Gasteiger partial charge >= 0.3 is 0 Å². The van der Waals surface area contributed by atoms with Crippen LogP contribution < -0.4 is 5.32 Å². The van der Waals surface area contributed by atoms with Crippen LogP contribution >= 0.6 is 0 Å². The molecule has 0 aliphatic heterocycles. The monoisotopic (exact) mass is 313 g/mol. The second kappa shape index (κ2) is 6.39. The fraction of sp³-hybridized carbons (Fsp3) is 0.0588. The summed E-state index contributed by atoms with van der Waals surface area (Å²) in [5.41, 5.74) is 1.24. The molecule has 0 aliphatic rings. The second-order valence-electron chi connectivity index (χ2n) is 4.90. The van der Waals surface area contributed by atoms with Gasteiger partial charge in [0.2, 0.25) is 0 Å². The predicted octanol–water partition coefficient (Wildman–Crippen LogP) is 3.08. The van der Waals surface area contributed by atoms with E-state index >= 15 is 0 Å². The Bertz CT molecular complexity index is 828. The van der Waals surface area contributed by atoms with Crippen molar-refractivity contribution in [3.63, 3.8) is 0 Å². The molecular weight excluding hydrogens is 300 g/mol. The van der Waals surface area contributed by atoms with Gasteiger partial charge in [-0.15, -0.1) is 0 Å². The van der Waals surface area contributed by atoms with Crippen LogP contribution in [0.15, 0.2) is 60.8 Å². The van der Waals surface area contributed by atoms with Crippen molar-refractivity contribution < 1.29 is 13.6 Å². The van der Waals surface area contributed by atoms with E-state index in [4.69, 9.17) is 0 Å². The Balaban J connectivity index is 1.69. The maximum Gasteiger partial charge on any atom is 0.272 e. The van der Waals surface area contributed by atoms with Gasteiger partial charge in [0.1, 0.15) is 11.6 Å². The summed E-state index contributed by atoms with van der Waals surface area (Å²) in [5.74, 6) is -1.12. The molecule has 0 aliphatic carbocycles. The van der Waals surface area contributed by atoms with Crippen LogP contribution in [0.25, 0.3) is 5.69 Å². The van der Waals surface area contributed by atoms with Crippen molar-refractivity contribution in [2.75, 3.05) is 0 Å². The van der Waals surface area contributed by atoms with Crippen molar-refractivity contribution in [1.29, 1.82) is 0 Å². The van der Waals surface area contributed by atoms with Crippen molar-refractivity contribution in [3.8, 4) is 5.69 Å². The Labute approximate surface area is 131 Å². The van der Waals surface area contributed by atoms with Crippen molar-refractivity contribution in [3.05, 3.63) is 83.7 Å². The molecule has 0 fully saturated rings. The molecule has 3 rings (SSSR count). The number of halogens is 2. The standard InChI is InChI=1S/C17H13F2N3O/c18-13-5-7-14(8-6-13)22-10-9-16(21-22)17(23)20-11-12-3-1-2-4-15(12)19/h1-10H,11H2,(H,20,23). The summed E-state index contributed by atoms with van der Waals surface area (Å²) in [6.45, 7) is 0.0783. The molecule has 0 bridgehead atoms. The first-order valence-corrected chi connectivity index (χ1v) is 6.97. The Kier molecular flexibility index (Phi) is 4.14. The molecule has 3 aromatic rings. The van der Waals surface area contributed by atoms with Gasteiger partial charge in [-0.25, -0.2) is 13.5 Å². The zero-order valence-corrected chi connectivity index (χ0v) is 12.0. The minimum Gasteiger partial charge on any atom is -0.346 e. The first-order chi connectivity index (χ1) is 11.1. The molecule has 0 radical (unpaired) electrons. The highest BCUT2D eigenvalue weighted by Gasteiger charge is 2.11. The topological polar surface area (TPSA) is 46.9 Å². The van der Waals surface area contributed by atoms with E-state index in [0.717, 1.165) is 0 Å². The lowest BCUT2D eigenvalue weighted by molar-refractivity contribution is 0.0945. The molecule has 0 spiro atoms. The van der Waals surface area contributed by atoms with Gasteiger partial charge in [0.15, 0.2) is 5.69 Å². The third kappa shape index (κ3) is 3.42. The van der Waals surface area contributed by atoms with Gasteiger partial charge in [0.05, 0.1) is 5.69 Å². The number of carbonyl (C=O) groups excluding carboxylic acids is 1. The summed E-state index contributed by atoms with van der Waals surface area (Å²) >= 11 is 0. The molecule has 0 saturated carbocycles. The zero-order chi connectivity index (χ0) is 16.2. The van der Waals surface area contributed by atoms with Crippen LogP contribution in [0.5, 0.6) is 0 Å². The SMILES string of the molecule is O=C(NCc1ccccc1F)c1ccn(-c2ccc(F)cc2)n1. The lowest BCUT2D eigenvalue weighted by Gasteiger charge is -2.04. The Morgan fingerprint density at radius 3 is 2.52 bits per heavy atom. The fourth-order valence-corrected chi connectivity index (χ4v) is 2.09. The highest BCUT2D eigenvalue weighted by atomic mass is 19.1. The lowest BCUT2D eigenvalue weighted by Crippen LogP contribution is -2.24. The van der Waals surface area contributed by atoms with E-state index in [1.165, 1.54) is 22.9 Å². The van der Waals surface area contributed by atoms with Crippen LogP contribution in [0, 0.1) is 11.6 Å². The number of nitrogens with zero attached hydrogens (tertiary/aromatic N) is 2. The van der Waals surface area contributed by atoms with Crippen molar-refractivity contribution in [2.45, 2.75) is 6.54 Å². The van der Waals surface area contributed by atoms with Crippen LogP contribution in [0.2, 0.25) is 0 Å². The number of aromatic nitrogens is 2. The minimum absolute atomic E-state index is 0.0783. The summed E-state index contributed by atoms with van der Waals surface area (Å²) < 4.78 is 27.9. The van der Waals surface area contributed by atoms with E-state index in [1.54, 1.807) is 42.6 Å². The van der Waals surface area contributed by atoms with E-state index in [-0.39, 0.29) is 23.9 Å². The summed E-state index contributed by atoms with van der Waals surface area (Å²) in [4.78, 5) is 12.1. The maximum atomic E-state index is 13.5. The number of hydrogen-bond donors (Lipinski definition) is 1. The third-order valence-corrected chi connectivity index (χ3v) is 3.31. The first kappa shape index (κ1) is 14.9. The van der Waals surface area contributed by atoms with E-state index in [9.17, 15) is 13.6 Å². The second-order valence-corrected chi connectivity index (χ2v) is 4.90. The van der Waals surface area contributed by atoms with Crippen molar-refractivity contribution in [2.24, 2.45) is 0 Å². The molecule has 6 heteroatoms. The smallest absolute Gasteiger partial charge is 0.272 e. The number of benzene rings is 2. The minimum atomic E-state index is -0.408. The van der Waals surface area contributed by atoms with Gasteiger partial charge in [-0.2, -0.15) is 5.10 Å². The maximum absolute atomic E-state index is 13.5. The van der Waals surface area contributed by atoms with E-state index in [0.29, 0.717) is 11.3 Å². The molecule has 1 amide bonds. The van der Waals surface area contributed by atoms with Gasteiger partial charge in [-0.3, -0.25) is 4.79 Å². The molecule has 4 nitrogen and oxygen atoms in total. The molecule has 2 aromatic carbocycles. The number of amides is 1. The Hall–Kier alpha value is -3.02. The van der Waals surface area contributed by atoms with E-state index in [2.05, 4.69) is 10.4 Å². The summed E-state index contributed by atoms with van der Waals surface area (Å²) in [5, 5.41) is 6.75. The average Bonchev–Trinajstić information content (AvgIpc) is 3.04. The molecule has 23 heavy (non-hydrogen) atoms. The van der Waals surface area contributed by atoms with Gasteiger partial charge in [-0.1, -0.05) is 18.2 Å². The van der Waals surface area contributed by atoms with Crippen molar-refractivity contribution >= 4 is 5.91 Å². The molecule has 1 heterocycles. The van der Waals surface area contributed by atoms with Gasteiger partial charge in [0, 0.05) is 18.3 Å². The van der Waals surface area contributed by atoms with Crippen LogP contribution in [-0.4, -0.2) is 15.7 Å². The molecule has 0 atom stereocenters. The normalized spacial score (nSPS) is 10.5. The quantitative estimate of drug-likeness (QED) is 0.804. The van der Waals surface area contributed by atoms with Crippen LogP contribution in [-0.2, 0) is 6.54 Å². The average molecular weight is 313 g/mol. The molecular formula is C17H13F2N3O. The van der Waals surface area contributed by atoms with E-state index < -0.39 is 5.91 Å². The summed E-state index contributed by atoms with van der Waals surface area (Å²) in [6.07, 6.45) is 1.60. The highest BCUT2D eigenvalue weighted by Crippen LogP contribution is 2.10. The highest BCUT2D eigenvalue weighted by molar-refractivity contribution is 5.92. The summed E-state index contributed by atoms with van der Waals surface area (Å²) in [6, 6.07) is 13.5. The number of hydrogen-bond acceptors (Lipinski definition) is 2. The van der Waals surface area contributed by atoms with Crippen LogP contribution in [0.3, 0.4) is 0 Å². The molecule has 1 aromatic heterocycles. The lowest BCUT2D eigenvalue weighted by atomic mass is 10.2. The fourth-order valence-electron chi connectivity index (χ4n) is 2.09. The molecule has 0 saturated heterocycles. The zero-order valence-electron chi connectivity index (χ0n) is 12.0. The predicted molar refractivity (Wildman–Crippen MR) is 81.1 cm³/mol. The first-order valence-electron chi connectivity index (χ1n) is 6.97. The van der Waals surface area contributed by atoms with Crippen molar-refractivity contribution in [1.82, 2.24) is 15.1 Å². The Morgan fingerprint density at radius 1 is 1.04 bits per heavy atom. The van der Waals surface area contributed by atoms with Gasteiger partial charge in [0.25, 0.3) is 5.91 Å². The third-order valence-electron chi connectivity index (χ3n) is 3.31. The largest absolute Gasteiger partial charge is 0.346 e. The Morgan fingerprint density at radius 2 is 1.78 bits per heavy atom. The molecule has 0 unspecified atom stereocenters. The molecule has 1 N–H and O–H groups in total. The number of carbonyl (C=O) groups is 1. The van der Waals surface area contributed by atoms with E-state index in [1.807, 2.05) is 0 Å². The number of rotatable bonds is 4.